The van der Waals surface area contributed by atoms with Crippen molar-refractivity contribution in [1.29, 1.82) is 0 Å². The molecule has 0 amide bonds. The summed E-state index contributed by atoms with van der Waals surface area (Å²) in [4.78, 5) is 8.76. The molecule has 2 N–H and O–H groups in total. The number of aliphatic imine (C=N–C) groups is 1. The first-order chi connectivity index (χ1) is 7.81. The van der Waals surface area contributed by atoms with Crippen LogP contribution in [0.15, 0.2) is 16.1 Å². The molecular formula is C12H13N3O. The van der Waals surface area contributed by atoms with Gasteiger partial charge in [0.1, 0.15) is 5.69 Å². The minimum absolute atomic E-state index is 0.240. The summed E-state index contributed by atoms with van der Waals surface area (Å²) in [7, 11) is 0. The summed E-state index contributed by atoms with van der Waals surface area (Å²) in [6, 6.07) is 1.91. The maximum absolute atomic E-state index is 10.1. The van der Waals surface area contributed by atoms with Crippen LogP contribution < -0.4 is 15.9 Å². The van der Waals surface area contributed by atoms with Gasteiger partial charge in [0.15, 0.2) is 5.75 Å². The molecule has 4 heteroatoms. The number of phenols is 1. The quantitative estimate of drug-likeness (QED) is 0.714. The third-order valence-corrected chi connectivity index (χ3v) is 2.95. The van der Waals surface area contributed by atoms with Gasteiger partial charge in [-0.1, -0.05) is 0 Å². The summed E-state index contributed by atoms with van der Waals surface area (Å²) in [5.41, 5.74) is 2.59. The zero-order valence-corrected chi connectivity index (χ0v) is 9.12. The topological polar surface area (TPSA) is 57.0 Å². The number of hydrogen-bond acceptors (Lipinski definition) is 4. The Labute approximate surface area is 93.1 Å². The number of anilines is 1. The SMILES string of the molecule is CCNc1cc2c3c(c1O)N=CC=3CCN=2. The lowest BCUT2D eigenvalue weighted by Crippen LogP contribution is -2.30. The average molecular weight is 215 g/mol. The highest BCUT2D eigenvalue weighted by atomic mass is 16.3. The molecule has 1 aromatic carbocycles. The monoisotopic (exact) mass is 215 g/mol. The van der Waals surface area contributed by atoms with Crippen LogP contribution in [0.2, 0.25) is 0 Å². The zero-order valence-electron chi connectivity index (χ0n) is 9.12. The van der Waals surface area contributed by atoms with Gasteiger partial charge in [-0.05, 0) is 25.0 Å². The van der Waals surface area contributed by atoms with Crippen molar-refractivity contribution in [3.05, 3.63) is 16.6 Å². The summed E-state index contributed by atoms with van der Waals surface area (Å²) in [5, 5.41) is 15.2. The molecule has 0 aliphatic carbocycles. The van der Waals surface area contributed by atoms with Crippen molar-refractivity contribution in [3.63, 3.8) is 0 Å². The molecule has 0 bridgehead atoms. The van der Waals surface area contributed by atoms with Crippen LogP contribution in [0.3, 0.4) is 0 Å². The lowest BCUT2D eigenvalue weighted by atomic mass is 10.1. The minimum atomic E-state index is 0.240. The summed E-state index contributed by atoms with van der Waals surface area (Å²) in [5.74, 6) is 0.240. The van der Waals surface area contributed by atoms with E-state index in [0.717, 1.165) is 35.8 Å². The van der Waals surface area contributed by atoms with Gasteiger partial charge in [0.25, 0.3) is 0 Å². The van der Waals surface area contributed by atoms with Crippen LogP contribution in [0, 0.1) is 0 Å². The third-order valence-electron chi connectivity index (χ3n) is 2.95. The Balaban J connectivity index is 2.36. The number of hydrogen-bond donors (Lipinski definition) is 2. The Morgan fingerprint density at radius 2 is 2.38 bits per heavy atom. The van der Waals surface area contributed by atoms with Gasteiger partial charge in [0.05, 0.1) is 11.0 Å². The number of rotatable bonds is 2. The Morgan fingerprint density at radius 3 is 3.19 bits per heavy atom. The van der Waals surface area contributed by atoms with E-state index in [1.54, 1.807) is 0 Å². The van der Waals surface area contributed by atoms with Gasteiger partial charge in [-0.25, -0.2) is 0 Å². The molecule has 2 aliphatic rings. The summed E-state index contributed by atoms with van der Waals surface area (Å²) in [6.45, 7) is 3.58. The molecule has 0 aromatic heterocycles. The molecule has 16 heavy (non-hydrogen) atoms. The van der Waals surface area contributed by atoms with E-state index in [4.69, 9.17) is 0 Å². The summed E-state index contributed by atoms with van der Waals surface area (Å²) < 4.78 is 0. The van der Waals surface area contributed by atoms with Gasteiger partial charge < -0.3 is 10.4 Å². The molecule has 0 radical (unpaired) electrons. The van der Waals surface area contributed by atoms with Crippen molar-refractivity contribution in [3.8, 4) is 5.75 Å². The standard InChI is InChI=1S/C12H13N3O/c1-2-13-9-5-8-10-7(3-4-14-8)6-15-11(10)12(9)16/h5-6,13,16H,2-4H2,1H3. The normalized spacial score (nSPS) is 15.9. The highest BCUT2D eigenvalue weighted by molar-refractivity contribution is 6.08. The lowest BCUT2D eigenvalue weighted by molar-refractivity contribution is 0.478. The van der Waals surface area contributed by atoms with Crippen molar-refractivity contribution in [2.24, 2.45) is 9.98 Å². The number of phenolic OH excluding ortho intramolecular Hbond substituents is 1. The number of aromatic hydroxyl groups is 1. The van der Waals surface area contributed by atoms with Crippen LogP contribution in [0.25, 0.3) is 5.57 Å². The van der Waals surface area contributed by atoms with E-state index in [2.05, 4.69) is 15.3 Å². The number of nitrogens with one attached hydrogen (secondary N) is 1. The fourth-order valence-electron chi connectivity index (χ4n) is 2.23. The fraction of sp³-hybridized carbons (Fsp3) is 0.333. The molecular weight excluding hydrogens is 202 g/mol. The first-order valence-corrected chi connectivity index (χ1v) is 5.53. The molecule has 4 nitrogen and oxygen atoms in total. The van der Waals surface area contributed by atoms with Gasteiger partial charge in [0.2, 0.25) is 0 Å². The second-order valence-electron chi connectivity index (χ2n) is 3.96. The van der Waals surface area contributed by atoms with Crippen LogP contribution in [-0.2, 0) is 0 Å². The van der Waals surface area contributed by atoms with Crippen molar-refractivity contribution >= 4 is 23.2 Å². The van der Waals surface area contributed by atoms with E-state index in [1.165, 1.54) is 5.57 Å². The van der Waals surface area contributed by atoms with Gasteiger partial charge in [-0.2, -0.15) is 0 Å². The van der Waals surface area contributed by atoms with E-state index in [0.29, 0.717) is 5.69 Å². The van der Waals surface area contributed by atoms with Crippen LogP contribution >= 0.6 is 0 Å². The summed E-state index contributed by atoms with van der Waals surface area (Å²) in [6.07, 6.45) is 2.77. The van der Waals surface area contributed by atoms with Crippen molar-refractivity contribution in [1.82, 2.24) is 0 Å². The Hall–Kier alpha value is -1.84. The first kappa shape index (κ1) is 9.39. The van der Waals surface area contributed by atoms with Crippen LogP contribution in [0.5, 0.6) is 5.75 Å². The van der Waals surface area contributed by atoms with E-state index < -0.39 is 0 Å². The molecule has 1 aromatic rings. The highest BCUT2D eigenvalue weighted by Gasteiger charge is 2.18. The number of benzene rings is 1. The molecule has 0 spiro atoms. The average Bonchev–Trinajstić information content (AvgIpc) is 2.71. The Morgan fingerprint density at radius 1 is 1.50 bits per heavy atom. The number of nitrogens with zero attached hydrogens (tertiary/aromatic N) is 2. The molecule has 0 fully saturated rings. The summed E-state index contributed by atoms with van der Waals surface area (Å²) >= 11 is 0. The van der Waals surface area contributed by atoms with Crippen molar-refractivity contribution in [2.75, 3.05) is 18.4 Å². The van der Waals surface area contributed by atoms with E-state index in [9.17, 15) is 5.11 Å². The second kappa shape index (κ2) is 3.33. The van der Waals surface area contributed by atoms with Gasteiger partial charge in [0, 0.05) is 24.5 Å². The maximum Gasteiger partial charge on any atom is 0.165 e. The van der Waals surface area contributed by atoms with Gasteiger partial charge in [-0.15, -0.1) is 0 Å². The van der Waals surface area contributed by atoms with E-state index in [-0.39, 0.29) is 5.75 Å². The largest absolute Gasteiger partial charge is 0.504 e. The highest BCUT2D eigenvalue weighted by Crippen LogP contribution is 2.32. The smallest absolute Gasteiger partial charge is 0.165 e. The van der Waals surface area contributed by atoms with E-state index >= 15 is 0 Å². The molecule has 0 saturated carbocycles. The zero-order chi connectivity index (χ0) is 11.1. The molecule has 82 valence electrons. The van der Waals surface area contributed by atoms with Crippen molar-refractivity contribution < 1.29 is 5.11 Å². The van der Waals surface area contributed by atoms with E-state index in [1.807, 2.05) is 19.2 Å². The molecule has 2 heterocycles. The molecule has 0 unspecified atom stereocenters. The van der Waals surface area contributed by atoms with Gasteiger partial charge >= 0.3 is 0 Å². The maximum atomic E-state index is 10.1. The Bertz CT molecular complexity index is 602. The molecule has 3 rings (SSSR count). The van der Waals surface area contributed by atoms with Crippen LogP contribution in [-0.4, -0.2) is 24.4 Å². The lowest BCUT2D eigenvalue weighted by Gasteiger charge is -2.10. The second-order valence-corrected chi connectivity index (χ2v) is 3.96. The van der Waals surface area contributed by atoms with Crippen LogP contribution in [0.1, 0.15) is 13.3 Å². The predicted octanol–water partition coefficient (Wildman–Crippen LogP) is 0.714. The van der Waals surface area contributed by atoms with Crippen molar-refractivity contribution in [2.45, 2.75) is 13.3 Å². The predicted molar refractivity (Wildman–Crippen MR) is 64.1 cm³/mol. The van der Waals surface area contributed by atoms with Crippen LogP contribution in [0.4, 0.5) is 11.4 Å². The van der Waals surface area contributed by atoms with Gasteiger partial charge in [-0.3, -0.25) is 9.98 Å². The third kappa shape index (κ3) is 1.16. The minimum Gasteiger partial charge on any atom is -0.504 e. The molecule has 0 saturated heterocycles. The Kier molecular flexibility index (Phi) is 1.96. The molecule has 2 aliphatic heterocycles. The molecule has 0 atom stereocenters. The fourth-order valence-corrected chi connectivity index (χ4v) is 2.23. The first-order valence-electron chi connectivity index (χ1n) is 5.53.